The number of benzene rings is 1. The van der Waals surface area contributed by atoms with Crippen LogP contribution < -0.4 is 11.1 Å². The van der Waals surface area contributed by atoms with E-state index in [1.165, 1.54) is 24.0 Å². The Morgan fingerprint density at radius 1 is 1.31 bits per heavy atom. The van der Waals surface area contributed by atoms with Crippen LogP contribution in [0.15, 0.2) is 24.3 Å². The van der Waals surface area contributed by atoms with Crippen molar-refractivity contribution in [1.82, 2.24) is 5.32 Å². The number of rotatable bonds is 3. The molecule has 0 spiro atoms. The summed E-state index contributed by atoms with van der Waals surface area (Å²) in [4.78, 5) is 0. The predicted octanol–water partition coefficient (Wildman–Crippen LogP) is 1.87. The van der Waals surface area contributed by atoms with Gasteiger partial charge in [-0.05, 0) is 44.2 Å². The SMILES string of the molecule is CC(C)(N)CNC1CCc2ccccc2C1. The summed E-state index contributed by atoms with van der Waals surface area (Å²) < 4.78 is 0. The van der Waals surface area contributed by atoms with Gasteiger partial charge in [0.1, 0.15) is 0 Å². The fraction of sp³-hybridized carbons (Fsp3) is 0.571. The van der Waals surface area contributed by atoms with Gasteiger partial charge in [0.2, 0.25) is 0 Å². The van der Waals surface area contributed by atoms with Crippen LogP contribution in [-0.2, 0) is 12.8 Å². The second-order valence-corrected chi connectivity index (χ2v) is 5.58. The van der Waals surface area contributed by atoms with Crippen molar-refractivity contribution in [2.24, 2.45) is 5.73 Å². The first-order valence-electron chi connectivity index (χ1n) is 6.14. The third kappa shape index (κ3) is 3.06. The summed E-state index contributed by atoms with van der Waals surface area (Å²) >= 11 is 0. The van der Waals surface area contributed by atoms with Gasteiger partial charge in [-0.2, -0.15) is 0 Å². The smallest absolute Gasteiger partial charge is 0.0223 e. The van der Waals surface area contributed by atoms with Gasteiger partial charge in [0.05, 0.1) is 0 Å². The summed E-state index contributed by atoms with van der Waals surface area (Å²) in [5, 5.41) is 3.58. The van der Waals surface area contributed by atoms with Gasteiger partial charge in [-0.1, -0.05) is 24.3 Å². The average Bonchev–Trinajstić information content (AvgIpc) is 2.25. The van der Waals surface area contributed by atoms with Crippen LogP contribution in [-0.4, -0.2) is 18.1 Å². The lowest BCUT2D eigenvalue weighted by Crippen LogP contribution is -2.47. The molecular formula is C14H22N2. The molecule has 16 heavy (non-hydrogen) atoms. The van der Waals surface area contributed by atoms with Crippen LogP contribution in [0.5, 0.6) is 0 Å². The van der Waals surface area contributed by atoms with E-state index in [2.05, 4.69) is 43.4 Å². The number of hydrogen-bond donors (Lipinski definition) is 2. The Morgan fingerprint density at radius 3 is 2.69 bits per heavy atom. The minimum absolute atomic E-state index is 0.114. The largest absolute Gasteiger partial charge is 0.324 e. The zero-order valence-electron chi connectivity index (χ0n) is 10.3. The van der Waals surface area contributed by atoms with E-state index in [4.69, 9.17) is 5.73 Å². The van der Waals surface area contributed by atoms with Gasteiger partial charge in [0.25, 0.3) is 0 Å². The third-order valence-corrected chi connectivity index (χ3v) is 3.19. The topological polar surface area (TPSA) is 38.0 Å². The Morgan fingerprint density at radius 2 is 2.00 bits per heavy atom. The highest BCUT2D eigenvalue weighted by Gasteiger charge is 2.19. The van der Waals surface area contributed by atoms with E-state index >= 15 is 0 Å². The highest BCUT2D eigenvalue weighted by molar-refractivity contribution is 5.30. The van der Waals surface area contributed by atoms with Gasteiger partial charge in [0.15, 0.2) is 0 Å². The minimum atomic E-state index is -0.114. The molecule has 0 radical (unpaired) electrons. The first-order chi connectivity index (χ1) is 7.54. The number of nitrogens with one attached hydrogen (secondary N) is 1. The first-order valence-corrected chi connectivity index (χ1v) is 6.14. The highest BCUT2D eigenvalue weighted by atomic mass is 15.0. The lowest BCUT2D eigenvalue weighted by molar-refractivity contribution is 0.391. The third-order valence-electron chi connectivity index (χ3n) is 3.19. The molecule has 0 aromatic heterocycles. The molecule has 1 aliphatic carbocycles. The molecule has 0 saturated heterocycles. The molecule has 1 unspecified atom stereocenters. The second kappa shape index (κ2) is 4.56. The molecule has 2 rings (SSSR count). The lowest BCUT2D eigenvalue weighted by Gasteiger charge is -2.29. The van der Waals surface area contributed by atoms with E-state index in [1.807, 2.05) is 0 Å². The van der Waals surface area contributed by atoms with Crippen molar-refractivity contribution in [3.63, 3.8) is 0 Å². The number of aryl methyl sites for hydroxylation is 1. The lowest BCUT2D eigenvalue weighted by atomic mass is 9.88. The van der Waals surface area contributed by atoms with Crippen LogP contribution in [0.2, 0.25) is 0 Å². The Labute approximate surface area is 98.2 Å². The van der Waals surface area contributed by atoms with Crippen molar-refractivity contribution in [2.45, 2.75) is 44.7 Å². The van der Waals surface area contributed by atoms with Crippen molar-refractivity contribution in [3.05, 3.63) is 35.4 Å². The van der Waals surface area contributed by atoms with Crippen molar-refractivity contribution in [1.29, 1.82) is 0 Å². The summed E-state index contributed by atoms with van der Waals surface area (Å²) in [6, 6.07) is 9.36. The van der Waals surface area contributed by atoms with Gasteiger partial charge >= 0.3 is 0 Å². The van der Waals surface area contributed by atoms with E-state index in [-0.39, 0.29) is 5.54 Å². The Balaban J connectivity index is 1.93. The van der Waals surface area contributed by atoms with E-state index in [0.29, 0.717) is 6.04 Å². The molecule has 0 fully saturated rings. The molecule has 2 heteroatoms. The molecule has 1 atom stereocenters. The molecule has 2 nitrogen and oxygen atoms in total. The van der Waals surface area contributed by atoms with E-state index in [0.717, 1.165) is 13.0 Å². The number of fused-ring (bicyclic) bond motifs is 1. The molecule has 0 heterocycles. The normalized spacial score (nSPS) is 20.6. The monoisotopic (exact) mass is 218 g/mol. The molecule has 3 N–H and O–H groups in total. The molecule has 1 aromatic carbocycles. The van der Waals surface area contributed by atoms with Crippen LogP contribution >= 0.6 is 0 Å². The van der Waals surface area contributed by atoms with Crippen LogP contribution in [0.1, 0.15) is 31.4 Å². The second-order valence-electron chi connectivity index (χ2n) is 5.58. The molecule has 0 saturated carbocycles. The molecule has 0 aliphatic heterocycles. The maximum Gasteiger partial charge on any atom is 0.0223 e. The zero-order chi connectivity index (χ0) is 11.6. The van der Waals surface area contributed by atoms with Gasteiger partial charge in [-0.3, -0.25) is 0 Å². The van der Waals surface area contributed by atoms with Crippen molar-refractivity contribution in [3.8, 4) is 0 Å². The van der Waals surface area contributed by atoms with Gasteiger partial charge < -0.3 is 11.1 Å². The maximum atomic E-state index is 5.98. The van der Waals surface area contributed by atoms with Gasteiger partial charge in [0, 0.05) is 18.1 Å². The zero-order valence-corrected chi connectivity index (χ0v) is 10.3. The molecule has 88 valence electrons. The van der Waals surface area contributed by atoms with Crippen molar-refractivity contribution >= 4 is 0 Å². The Bertz CT molecular complexity index is 352. The fourth-order valence-corrected chi connectivity index (χ4v) is 2.28. The Hall–Kier alpha value is -0.860. The molecule has 0 amide bonds. The van der Waals surface area contributed by atoms with Crippen LogP contribution in [0.25, 0.3) is 0 Å². The maximum absolute atomic E-state index is 5.98. The molecular weight excluding hydrogens is 196 g/mol. The van der Waals surface area contributed by atoms with Gasteiger partial charge in [-0.25, -0.2) is 0 Å². The highest BCUT2D eigenvalue weighted by Crippen LogP contribution is 2.21. The van der Waals surface area contributed by atoms with Crippen molar-refractivity contribution < 1.29 is 0 Å². The summed E-state index contributed by atoms with van der Waals surface area (Å²) in [7, 11) is 0. The quantitative estimate of drug-likeness (QED) is 0.813. The molecule has 0 bridgehead atoms. The summed E-state index contributed by atoms with van der Waals surface area (Å²) in [5.74, 6) is 0. The van der Waals surface area contributed by atoms with Crippen LogP contribution in [0.4, 0.5) is 0 Å². The van der Waals surface area contributed by atoms with Crippen molar-refractivity contribution in [2.75, 3.05) is 6.54 Å². The average molecular weight is 218 g/mol. The van der Waals surface area contributed by atoms with Gasteiger partial charge in [-0.15, -0.1) is 0 Å². The van der Waals surface area contributed by atoms with E-state index in [9.17, 15) is 0 Å². The molecule has 1 aliphatic rings. The van der Waals surface area contributed by atoms with E-state index in [1.54, 1.807) is 0 Å². The van der Waals surface area contributed by atoms with Crippen LogP contribution in [0, 0.1) is 0 Å². The minimum Gasteiger partial charge on any atom is -0.324 e. The standard InChI is InChI=1S/C14H22N2/c1-14(2,15)10-16-13-8-7-11-5-3-4-6-12(11)9-13/h3-6,13,16H,7-10,15H2,1-2H3. The summed E-state index contributed by atoms with van der Waals surface area (Å²) in [5.41, 5.74) is 8.89. The van der Waals surface area contributed by atoms with E-state index < -0.39 is 0 Å². The molecule has 1 aromatic rings. The summed E-state index contributed by atoms with van der Waals surface area (Å²) in [6.07, 6.45) is 3.57. The summed E-state index contributed by atoms with van der Waals surface area (Å²) in [6.45, 7) is 5.02. The Kier molecular flexibility index (Phi) is 3.31. The number of hydrogen-bond acceptors (Lipinski definition) is 2. The van der Waals surface area contributed by atoms with Crippen LogP contribution in [0.3, 0.4) is 0 Å². The fourth-order valence-electron chi connectivity index (χ4n) is 2.28. The predicted molar refractivity (Wildman–Crippen MR) is 68.5 cm³/mol. The number of nitrogens with two attached hydrogens (primary N) is 1. The first kappa shape index (κ1) is 11.6.